The van der Waals surface area contributed by atoms with E-state index in [2.05, 4.69) is 35.9 Å². The van der Waals surface area contributed by atoms with Gasteiger partial charge in [0.2, 0.25) is 5.82 Å². The van der Waals surface area contributed by atoms with Gasteiger partial charge in [-0.2, -0.15) is 9.61 Å². The Bertz CT molecular complexity index is 1430. The monoisotopic (exact) mass is 433 g/mol. The Hall–Kier alpha value is -4.06. The number of methoxy groups -OCH3 is 1. The molecule has 32 heavy (non-hydrogen) atoms. The van der Waals surface area contributed by atoms with E-state index < -0.39 is 0 Å². The van der Waals surface area contributed by atoms with Gasteiger partial charge < -0.3 is 19.3 Å². The summed E-state index contributed by atoms with van der Waals surface area (Å²) >= 11 is 0. The molecule has 1 saturated heterocycles. The van der Waals surface area contributed by atoms with Crippen molar-refractivity contribution in [3.05, 3.63) is 41.9 Å². The molecule has 12 heteroatoms. The van der Waals surface area contributed by atoms with Gasteiger partial charge >= 0.3 is 0 Å². The van der Waals surface area contributed by atoms with Gasteiger partial charge in [-0.25, -0.2) is 4.98 Å². The first kappa shape index (κ1) is 18.7. The van der Waals surface area contributed by atoms with Crippen LogP contribution in [0.15, 0.2) is 35.0 Å². The Labute approximate surface area is 181 Å². The Morgan fingerprint density at radius 3 is 2.81 bits per heavy atom. The maximum absolute atomic E-state index is 5.97. The smallest absolute Gasteiger partial charge is 0.275 e. The molecule has 6 rings (SSSR count). The predicted molar refractivity (Wildman–Crippen MR) is 111 cm³/mol. The highest BCUT2D eigenvalue weighted by Crippen LogP contribution is 2.28. The van der Waals surface area contributed by atoms with Crippen LogP contribution in [0.1, 0.15) is 17.5 Å². The van der Waals surface area contributed by atoms with Crippen molar-refractivity contribution in [1.29, 1.82) is 0 Å². The molecular formula is C20H19N9O3. The van der Waals surface area contributed by atoms with Gasteiger partial charge in [0, 0.05) is 25.2 Å². The number of nitrogens with one attached hydrogen (secondary N) is 1. The summed E-state index contributed by atoms with van der Waals surface area (Å²) < 4.78 is 20.1. The average molecular weight is 433 g/mol. The van der Waals surface area contributed by atoms with Crippen LogP contribution in [0.5, 0.6) is 11.6 Å². The summed E-state index contributed by atoms with van der Waals surface area (Å²) in [6.45, 7) is 3.87. The summed E-state index contributed by atoms with van der Waals surface area (Å²) in [6.07, 6.45) is 1.97. The van der Waals surface area contributed by atoms with Crippen LogP contribution in [-0.2, 0) is 6.61 Å². The fourth-order valence-electron chi connectivity index (χ4n) is 3.52. The van der Waals surface area contributed by atoms with Crippen molar-refractivity contribution in [1.82, 2.24) is 45.0 Å². The van der Waals surface area contributed by atoms with E-state index in [-0.39, 0.29) is 6.61 Å². The van der Waals surface area contributed by atoms with Crippen molar-refractivity contribution in [2.24, 2.45) is 0 Å². The Morgan fingerprint density at radius 1 is 1.16 bits per heavy atom. The molecule has 0 radical (unpaired) electrons. The molecule has 0 bridgehead atoms. The fraction of sp³-hybridized carbons (Fsp3) is 0.300. The van der Waals surface area contributed by atoms with Gasteiger partial charge in [-0.3, -0.25) is 4.68 Å². The highest BCUT2D eigenvalue weighted by molar-refractivity contribution is 5.73. The van der Waals surface area contributed by atoms with E-state index in [1.807, 2.05) is 23.0 Å². The molecular weight excluding hydrogens is 414 g/mol. The molecule has 0 amide bonds. The zero-order valence-corrected chi connectivity index (χ0v) is 17.4. The van der Waals surface area contributed by atoms with Crippen LogP contribution < -0.4 is 14.8 Å². The largest absolute Gasteiger partial charge is 0.491 e. The van der Waals surface area contributed by atoms with Crippen LogP contribution in [0.4, 0.5) is 0 Å². The van der Waals surface area contributed by atoms with E-state index in [1.54, 1.807) is 30.7 Å². The van der Waals surface area contributed by atoms with Gasteiger partial charge in [-0.1, -0.05) is 5.16 Å². The van der Waals surface area contributed by atoms with Crippen molar-refractivity contribution in [3.63, 3.8) is 0 Å². The van der Waals surface area contributed by atoms with E-state index in [0.717, 1.165) is 29.8 Å². The number of aromatic nitrogens is 8. The van der Waals surface area contributed by atoms with Crippen molar-refractivity contribution in [2.75, 3.05) is 20.2 Å². The summed E-state index contributed by atoms with van der Waals surface area (Å²) in [7, 11) is 1.55. The summed E-state index contributed by atoms with van der Waals surface area (Å²) in [6, 6.07) is 7.70. The Kier molecular flexibility index (Phi) is 4.24. The highest BCUT2D eigenvalue weighted by atomic mass is 16.5. The number of fused-ring (bicyclic) bond motifs is 2. The molecule has 1 aliphatic rings. The lowest BCUT2D eigenvalue weighted by atomic mass is 10.2. The first-order valence-corrected chi connectivity index (χ1v) is 10.1. The van der Waals surface area contributed by atoms with Gasteiger partial charge in [0.05, 0.1) is 25.0 Å². The number of hydrogen-bond acceptors (Lipinski definition) is 10. The van der Waals surface area contributed by atoms with Crippen LogP contribution in [0.25, 0.3) is 28.2 Å². The van der Waals surface area contributed by atoms with Gasteiger partial charge in [0.1, 0.15) is 23.4 Å². The van der Waals surface area contributed by atoms with Crippen LogP contribution in [0.2, 0.25) is 0 Å². The first-order chi connectivity index (χ1) is 15.7. The summed E-state index contributed by atoms with van der Waals surface area (Å²) in [4.78, 5) is 4.68. The van der Waals surface area contributed by atoms with E-state index in [1.165, 1.54) is 0 Å². The summed E-state index contributed by atoms with van der Waals surface area (Å²) in [5.41, 5.74) is 3.47. The summed E-state index contributed by atoms with van der Waals surface area (Å²) in [5, 5.41) is 24.7. The number of hydrogen-bond donors (Lipinski definition) is 1. The molecule has 5 aromatic rings. The molecule has 1 aliphatic heterocycles. The molecule has 5 aromatic heterocycles. The molecule has 0 saturated carbocycles. The fourth-order valence-corrected chi connectivity index (χ4v) is 3.52. The molecule has 0 unspecified atom stereocenters. The second kappa shape index (κ2) is 7.27. The summed E-state index contributed by atoms with van der Waals surface area (Å²) in [5.74, 6) is 1.85. The van der Waals surface area contributed by atoms with Crippen LogP contribution in [0.3, 0.4) is 0 Å². The van der Waals surface area contributed by atoms with Gasteiger partial charge in [-0.15, -0.1) is 15.3 Å². The van der Waals surface area contributed by atoms with Gasteiger partial charge in [0.15, 0.2) is 17.1 Å². The van der Waals surface area contributed by atoms with E-state index >= 15 is 0 Å². The molecule has 6 heterocycles. The van der Waals surface area contributed by atoms with Crippen LogP contribution in [-0.4, -0.2) is 59.9 Å². The molecule has 1 fully saturated rings. The van der Waals surface area contributed by atoms with Crippen molar-refractivity contribution >= 4 is 16.7 Å². The van der Waals surface area contributed by atoms with Gasteiger partial charge in [0.25, 0.3) is 5.88 Å². The Balaban J connectivity index is 1.29. The van der Waals surface area contributed by atoms with Crippen LogP contribution >= 0.6 is 0 Å². The molecule has 0 aromatic carbocycles. The van der Waals surface area contributed by atoms with E-state index in [4.69, 9.17) is 14.0 Å². The van der Waals surface area contributed by atoms with E-state index in [0.29, 0.717) is 40.6 Å². The first-order valence-electron chi connectivity index (χ1n) is 10.1. The standard InChI is InChI=1S/C20H19N9O3/c1-11-5-15(27-32-11)19-24-23-18-6-17(30-2)20(26-29(18)19)31-10-12-3-4-14-16(22-12)9-28(25-14)13-7-21-8-13/h3-6,9,13,21H,7-8,10H2,1-2H3. The molecule has 0 spiro atoms. The second-order valence-corrected chi connectivity index (χ2v) is 7.55. The van der Waals surface area contributed by atoms with Crippen molar-refractivity contribution in [2.45, 2.75) is 19.6 Å². The number of ether oxygens (including phenoxy) is 2. The molecule has 12 nitrogen and oxygen atoms in total. The average Bonchev–Trinajstić information content (AvgIpc) is 3.47. The van der Waals surface area contributed by atoms with Crippen molar-refractivity contribution in [3.8, 4) is 23.1 Å². The Morgan fingerprint density at radius 2 is 2.06 bits per heavy atom. The molecule has 0 aliphatic carbocycles. The number of nitrogens with zero attached hydrogens (tertiary/aromatic N) is 8. The lowest BCUT2D eigenvalue weighted by molar-refractivity contribution is 0.264. The van der Waals surface area contributed by atoms with E-state index in [9.17, 15) is 0 Å². The predicted octanol–water partition coefficient (Wildman–Crippen LogP) is 1.56. The quantitative estimate of drug-likeness (QED) is 0.421. The van der Waals surface area contributed by atoms with Gasteiger partial charge in [-0.05, 0) is 19.1 Å². The zero-order valence-electron chi connectivity index (χ0n) is 17.4. The zero-order chi connectivity index (χ0) is 21.7. The lowest BCUT2D eigenvalue weighted by Gasteiger charge is -2.26. The molecule has 162 valence electrons. The third-order valence-corrected chi connectivity index (χ3v) is 5.33. The lowest BCUT2D eigenvalue weighted by Crippen LogP contribution is -2.43. The number of rotatable bonds is 6. The minimum atomic E-state index is 0.210. The third-order valence-electron chi connectivity index (χ3n) is 5.33. The highest BCUT2D eigenvalue weighted by Gasteiger charge is 2.21. The number of aryl methyl sites for hydroxylation is 1. The van der Waals surface area contributed by atoms with Crippen LogP contribution in [0, 0.1) is 6.92 Å². The molecule has 0 atom stereocenters. The topological polar surface area (TPSA) is 130 Å². The van der Waals surface area contributed by atoms with Crippen molar-refractivity contribution < 1.29 is 14.0 Å². The SMILES string of the molecule is COc1cc2nnc(-c3cc(C)on3)n2nc1OCc1ccc2nn(C3CNC3)cc2n1. The molecule has 1 N–H and O–H groups in total. The third kappa shape index (κ3) is 3.12. The maximum Gasteiger partial charge on any atom is 0.275 e. The maximum atomic E-state index is 5.97. The number of pyridine rings is 1. The minimum absolute atomic E-state index is 0.210. The second-order valence-electron chi connectivity index (χ2n) is 7.55. The normalized spacial score (nSPS) is 14.2. The minimum Gasteiger partial charge on any atom is -0.491 e.